The van der Waals surface area contributed by atoms with E-state index in [-0.39, 0.29) is 17.3 Å². The van der Waals surface area contributed by atoms with Crippen molar-refractivity contribution in [3.63, 3.8) is 0 Å². The number of nitrogens with one attached hydrogen (secondary N) is 1. The number of aromatic nitrogens is 1. The van der Waals surface area contributed by atoms with Gasteiger partial charge in [-0.25, -0.2) is 4.79 Å². The molecule has 5 heteroatoms. The number of pyridine rings is 1. The summed E-state index contributed by atoms with van der Waals surface area (Å²) in [7, 11) is 0. The van der Waals surface area contributed by atoms with Crippen LogP contribution >= 0.6 is 11.8 Å². The molecular weight excluding hydrogens is 354 g/mol. The van der Waals surface area contributed by atoms with Crippen molar-refractivity contribution in [2.24, 2.45) is 0 Å². The molecule has 1 aromatic heterocycles. The van der Waals surface area contributed by atoms with Gasteiger partial charge in [-0.05, 0) is 36.6 Å². The largest absolute Gasteiger partial charge is 0.337 e. The molecule has 2 aromatic rings. The summed E-state index contributed by atoms with van der Waals surface area (Å²) in [6, 6.07) is 14.1. The Kier molecular flexibility index (Phi) is 6.78. The highest BCUT2D eigenvalue weighted by atomic mass is 32.2. The first kappa shape index (κ1) is 19.3. The zero-order valence-corrected chi connectivity index (χ0v) is 16.3. The first-order chi connectivity index (χ1) is 13.2. The molecule has 0 unspecified atom stereocenters. The molecule has 1 heterocycles. The molecule has 1 fully saturated rings. The van der Waals surface area contributed by atoms with Crippen LogP contribution in [0.25, 0.3) is 0 Å². The Hall–Kier alpha value is -2.45. The van der Waals surface area contributed by atoms with Crippen molar-refractivity contribution in [1.29, 1.82) is 0 Å². The minimum absolute atomic E-state index is 0.0626. The Morgan fingerprint density at radius 2 is 2.00 bits per heavy atom. The van der Waals surface area contributed by atoms with Crippen LogP contribution in [0.4, 0.5) is 4.79 Å². The summed E-state index contributed by atoms with van der Waals surface area (Å²) in [5.74, 6) is 2.59. The smallest absolute Gasteiger partial charge is 0.318 e. The molecular formula is C22H25N3OS. The van der Waals surface area contributed by atoms with Crippen molar-refractivity contribution >= 4 is 17.8 Å². The van der Waals surface area contributed by atoms with Crippen LogP contribution in [0.2, 0.25) is 0 Å². The lowest BCUT2D eigenvalue weighted by atomic mass is 10.1. The molecule has 140 valence electrons. The lowest BCUT2D eigenvalue weighted by molar-refractivity contribution is 0.200. The third kappa shape index (κ3) is 5.51. The number of carbonyl (C=O) groups excluding carboxylic acids is 1. The van der Waals surface area contributed by atoms with Gasteiger partial charge in [-0.2, -0.15) is 0 Å². The van der Waals surface area contributed by atoms with Gasteiger partial charge in [0, 0.05) is 35.1 Å². The molecule has 0 aliphatic heterocycles. The molecule has 1 saturated carbocycles. The van der Waals surface area contributed by atoms with Crippen LogP contribution in [0.1, 0.15) is 31.2 Å². The lowest BCUT2D eigenvalue weighted by Crippen LogP contribution is -2.45. The Bertz CT molecular complexity index is 767. The second-order valence-electron chi connectivity index (χ2n) is 6.89. The summed E-state index contributed by atoms with van der Waals surface area (Å²) in [6.07, 6.45) is 13.6. The predicted octanol–water partition coefficient (Wildman–Crippen LogP) is 4.33. The molecule has 27 heavy (non-hydrogen) atoms. The van der Waals surface area contributed by atoms with Crippen LogP contribution in [0.3, 0.4) is 0 Å². The van der Waals surface area contributed by atoms with Crippen LogP contribution in [0.5, 0.6) is 0 Å². The number of amides is 2. The van der Waals surface area contributed by atoms with E-state index in [4.69, 9.17) is 6.42 Å². The van der Waals surface area contributed by atoms with Crippen molar-refractivity contribution in [2.75, 3.05) is 13.1 Å². The van der Waals surface area contributed by atoms with Gasteiger partial charge in [-0.15, -0.1) is 18.2 Å². The molecule has 1 N–H and O–H groups in total. The quantitative estimate of drug-likeness (QED) is 0.728. The highest BCUT2D eigenvalue weighted by molar-refractivity contribution is 8.00. The van der Waals surface area contributed by atoms with E-state index in [1.165, 1.54) is 17.7 Å². The maximum Gasteiger partial charge on any atom is 0.318 e. The highest BCUT2D eigenvalue weighted by Crippen LogP contribution is 2.44. The van der Waals surface area contributed by atoms with E-state index in [1.54, 1.807) is 17.3 Å². The number of nitrogens with zero attached hydrogens (tertiary/aromatic N) is 2. The topological polar surface area (TPSA) is 45.2 Å². The van der Waals surface area contributed by atoms with E-state index in [0.29, 0.717) is 13.1 Å². The average Bonchev–Trinajstić information content (AvgIpc) is 3.16. The van der Waals surface area contributed by atoms with Crippen molar-refractivity contribution < 1.29 is 4.79 Å². The minimum Gasteiger partial charge on any atom is -0.337 e. The zero-order chi connectivity index (χ0) is 19.0. The van der Waals surface area contributed by atoms with Crippen molar-refractivity contribution in [1.82, 2.24) is 15.2 Å². The lowest BCUT2D eigenvalue weighted by Gasteiger charge is -2.30. The Balaban J connectivity index is 1.63. The second kappa shape index (κ2) is 9.48. The maximum absolute atomic E-state index is 12.8. The highest BCUT2D eigenvalue weighted by Gasteiger charge is 2.35. The molecule has 1 aliphatic rings. The summed E-state index contributed by atoms with van der Waals surface area (Å²) in [5.41, 5.74) is 0.970. The normalized spacial score (nSPS) is 15.1. The Morgan fingerprint density at radius 1 is 1.22 bits per heavy atom. The number of benzene rings is 1. The number of carbonyl (C=O) groups is 1. The summed E-state index contributed by atoms with van der Waals surface area (Å²) >= 11 is 1.89. The fourth-order valence-corrected chi connectivity index (χ4v) is 4.87. The molecule has 4 nitrogen and oxygen atoms in total. The monoisotopic (exact) mass is 379 g/mol. The molecule has 1 aromatic carbocycles. The predicted molar refractivity (Wildman–Crippen MR) is 110 cm³/mol. The van der Waals surface area contributed by atoms with Gasteiger partial charge < -0.3 is 10.2 Å². The molecule has 0 atom stereocenters. The molecule has 0 radical (unpaired) electrons. The Labute approximate surface area is 165 Å². The van der Waals surface area contributed by atoms with E-state index in [2.05, 4.69) is 40.5 Å². The van der Waals surface area contributed by atoms with Crippen LogP contribution in [-0.4, -0.2) is 33.8 Å². The third-order valence-electron chi connectivity index (χ3n) is 4.82. The molecule has 0 bridgehead atoms. The standard InChI is InChI=1S/C22H25N3OS/c1-2-15-25(17-19-9-8-14-23-16-19)21(26)24-18-22(12-6-7-13-22)27-20-10-4-3-5-11-20/h1,3-5,8-11,14,16H,6-7,12-13,15,17-18H2,(H,24,26). The summed E-state index contributed by atoms with van der Waals surface area (Å²) in [4.78, 5) is 19.8. The molecule has 3 rings (SSSR count). The number of hydrogen-bond acceptors (Lipinski definition) is 3. The Morgan fingerprint density at radius 3 is 2.67 bits per heavy atom. The van der Waals surface area contributed by atoms with Gasteiger partial charge >= 0.3 is 6.03 Å². The summed E-state index contributed by atoms with van der Waals surface area (Å²) in [6.45, 7) is 1.39. The van der Waals surface area contributed by atoms with E-state index in [9.17, 15) is 4.79 Å². The van der Waals surface area contributed by atoms with Crippen molar-refractivity contribution in [3.8, 4) is 12.3 Å². The summed E-state index contributed by atoms with van der Waals surface area (Å²) in [5, 5.41) is 3.14. The first-order valence-corrected chi connectivity index (χ1v) is 10.1. The molecule has 1 aliphatic carbocycles. The number of thioether (sulfide) groups is 1. The molecule has 0 saturated heterocycles. The van der Waals surface area contributed by atoms with E-state index >= 15 is 0 Å². The average molecular weight is 380 g/mol. The van der Waals surface area contributed by atoms with Crippen LogP contribution in [0, 0.1) is 12.3 Å². The van der Waals surface area contributed by atoms with Crippen molar-refractivity contribution in [3.05, 3.63) is 60.4 Å². The zero-order valence-electron chi connectivity index (χ0n) is 15.4. The van der Waals surface area contributed by atoms with Gasteiger partial charge in [0.25, 0.3) is 0 Å². The van der Waals surface area contributed by atoms with Crippen LogP contribution in [-0.2, 0) is 6.54 Å². The van der Waals surface area contributed by atoms with Gasteiger partial charge in [0.15, 0.2) is 0 Å². The van der Waals surface area contributed by atoms with Crippen LogP contribution in [0.15, 0.2) is 59.8 Å². The van der Waals surface area contributed by atoms with Gasteiger partial charge in [0.1, 0.15) is 0 Å². The fraction of sp³-hybridized carbons (Fsp3) is 0.364. The van der Waals surface area contributed by atoms with Crippen LogP contribution < -0.4 is 5.32 Å². The second-order valence-corrected chi connectivity index (χ2v) is 8.43. The first-order valence-electron chi connectivity index (χ1n) is 9.30. The van der Waals surface area contributed by atoms with E-state index < -0.39 is 0 Å². The van der Waals surface area contributed by atoms with Gasteiger partial charge in [0.2, 0.25) is 0 Å². The number of terminal acetylenes is 1. The summed E-state index contributed by atoms with van der Waals surface area (Å²) < 4.78 is 0.0626. The third-order valence-corrected chi connectivity index (χ3v) is 6.31. The van der Waals surface area contributed by atoms with Gasteiger partial charge in [-0.3, -0.25) is 4.98 Å². The molecule has 0 spiro atoms. The molecule has 2 amide bonds. The minimum atomic E-state index is -0.114. The number of urea groups is 1. The van der Waals surface area contributed by atoms with Crippen molar-refractivity contribution in [2.45, 2.75) is 41.9 Å². The van der Waals surface area contributed by atoms with Gasteiger partial charge in [0.05, 0.1) is 6.54 Å². The van der Waals surface area contributed by atoms with E-state index in [0.717, 1.165) is 18.4 Å². The van der Waals surface area contributed by atoms with E-state index in [1.807, 2.05) is 30.0 Å². The SMILES string of the molecule is C#CCN(Cc1cccnc1)C(=O)NCC1(Sc2ccccc2)CCCC1. The number of rotatable bonds is 7. The maximum atomic E-state index is 12.8. The fourth-order valence-electron chi connectivity index (χ4n) is 3.44. The van der Waals surface area contributed by atoms with Gasteiger partial charge in [-0.1, -0.05) is 43.0 Å². The number of hydrogen-bond donors (Lipinski definition) is 1.